The zero-order valence-corrected chi connectivity index (χ0v) is 13.1. The number of allylic oxidation sites excluding steroid dienone is 1. The van der Waals surface area contributed by atoms with Crippen molar-refractivity contribution in [1.29, 1.82) is 0 Å². The highest BCUT2D eigenvalue weighted by Crippen LogP contribution is 2.60. The van der Waals surface area contributed by atoms with Gasteiger partial charge in [0.2, 0.25) is 5.91 Å². The Morgan fingerprint density at radius 2 is 1.87 bits per heavy atom. The Balaban J connectivity index is 1.68. The average molecular weight is 305 g/mol. The van der Waals surface area contributed by atoms with E-state index < -0.39 is 0 Å². The second kappa shape index (κ2) is 5.27. The number of ether oxygens (including phenoxy) is 1. The number of hydrogen-bond acceptors (Lipinski definition) is 2. The molecule has 4 rings (SSSR count). The van der Waals surface area contributed by atoms with Crippen molar-refractivity contribution in [3.63, 3.8) is 0 Å². The molecule has 1 spiro atoms. The maximum Gasteiger partial charge on any atom is 0.231 e. The molecule has 1 heterocycles. The van der Waals surface area contributed by atoms with E-state index in [-0.39, 0.29) is 17.2 Å². The number of methoxy groups -OCH3 is 1. The molecular formula is C20H19NO2. The second-order valence-corrected chi connectivity index (χ2v) is 6.31. The van der Waals surface area contributed by atoms with Crippen LogP contribution in [0.5, 0.6) is 5.75 Å². The van der Waals surface area contributed by atoms with Gasteiger partial charge >= 0.3 is 0 Å². The fraction of sp³-hybridized carbons (Fsp3) is 0.250. The van der Waals surface area contributed by atoms with E-state index >= 15 is 0 Å². The first-order chi connectivity index (χ1) is 11.2. The van der Waals surface area contributed by atoms with Gasteiger partial charge in [0, 0.05) is 11.6 Å². The van der Waals surface area contributed by atoms with Crippen molar-refractivity contribution in [1.82, 2.24) is 0 Å². The Hall–Kier alpha value is -2.55. The number of amides is 1. The van der Waals surface area contributed by atoms with Crippen molar-refractivity contribution in [2.24, 2.45) is 5.41 Å². The molecule has 1 atom stereocenters. The average Bonchev–Trinajstić information content (AvgIpc) is 3.38. The molecule has 3 nitrogen and oxygen atoms in total. The SMILES string of the molecule is COc1ccc(/C=C/C2c3ccccc3NC(=O)C23CC3)cc1. The van der Waals surface area contributed by atoms with E-state index in [1.165, 1.54) is 5.56 Å². The smallest absolute Gasteiger partial charge is 0.231 e. The van der Waals surface area contributed by atoms with Crippen LogP contribution in [0.25, 0.3) is 6.08 Å². The topological polar surface area (TPSA) is 38.3 Å². The fourth-order valence-corrected chi connectivity index (χ4v) is 3.45. The molecule has 23 heavy (non-hydrogen) atoms. The molecule has 1 N–H and O–H groups in total. The van der Waals surface area contributed by atoms with Crippen LogP contribution in [0, 0.1) is 5.41 Å². The van der Waals surface area contributed by atoms with Gasteiger partial charge in [-0.05, 0) is 42.2 Å². The molecule has 2 aliphatic rings. The van der Waals surface area contributed by atoms with Crippen molar-refractivity contribution in [2.45, 2.75) is 18.8 Å². The van der Waals surface area contributed by atoms with E-state index in [9.17, 15) is 4.79 Å². The van der Waals surface area contributed by atoms with Crippen LogP contribution in [-0.2, 0) is 4.79 Å². The first kappa shape index (κ1) is 14.1. The molecule has 3 heteroatoms. The highest BCUT2D eigenvalue weighted by atomic mass is 16.5. The summed E-state index contributed by atoms with van der Waals surface area (Å²) in [5, 5.41) is 3.07. The minimum absolute atomic E-state index is 0.148. The van der Waals surface area contributed by atoms with Gasteiger partial charge < -0.3 is 10.1 Å². The minimum atomic E-state index is -0.239. The summed E-state index contributed by atoms with van der Waals surface area (Å²) < 4.78 is 5.19. The van der Waals surface area contributed by atoms with Crippen molar-refractivity contribution in [2.75, 3.05) is 12.4 Å². The summed E-state index contributed by atoms with van der Waals surface area (Å²) in [5.41, 5.74) is 3.04. The van der Waals surface area contributed by atoms with Crippen LogP contribution in [0.3, 0.4) is 0 Å². The Kier molecular flexibility index (Phi) is 3.22. The van der Waals surface area contributed by atoms with Gasteiger partial charge in [-0.3, -0.25) is 4.79 Å². The lowest BCUT2D eigenvalue weighted by Gasteiger charge is -2.31. The van der Waals surface area contributed by atoms with E-state index in [0.717, 1.165) is 29.8 Å². The Bertz CT molecular complexity index is 772. The number of carbonyl (C=O) groups is 1. The largest absolute Gasteiger partial charge is 0.497 e. The summed E-state index contributed by atoms with van der Waals surface area (Å²) >= 11 is 0. The molecule has 1 saturated carbocycles. The summed E-state index contributed by atoms with van der Waals surface area (Å²) in [6.45, 7) is 0. The van der Waals surface area contributed by atoms with Crippen LogP contribution >= 0.6 is 0 Å². The Labute approximate surface area is 136 Å². The molecule has 1 fully saturated rings. The van der Waals surface area contributed by atoms with Gasteiger partial charge in [-0.25, -0.2) is 0 Å². The molecule has 1 aliphatic heterocycles. The third kappa shape index (κ3) is 2.33. The Morgan fingerprint density at radius 3 is 2.57 bits per heavy atom. The zero-order valence-electron chi connectivity index (χ0n) is 13.1. The number of anilines is 1. The minimum Gasteiger partial charge on any atom is -0.497 e. The summed E-state index contributed by atoms with van der Waals surface area (Å²) in [4.78, 5) is 12.5. The first-order valence-corrected chi connectivity index (χ1v) is 7.96. The predicted octanol–water partition coefficient (Wildman–Crippen LogP) is 4.22. The summed E-state index contributed by atoms with van der Waals surface area (Å²) in [5.74, 6) is 1.17. The van der Waals surface area contributed by atoms with Crippen molar-refractivity contribution >= 4 is 17.7 Å². The van der Waals surface area contributed by atoms with E-state index in [2.05, 4.69) is 23.5 Å². The first-order valence-electron chi connectivity index (χ1n) is 7.96. The normalized spacial score (nSPS) is 21.1. The Morgan fingerprint density at radius 1 is 1.13 bits per heavy atom. The van der Waals surface area contributed by atoms with Crippen molar-refractivity contribution < 1.29 is 9.53 Å². The number of nitrogens with one attached hydrogen (secondary N) is 1. The van der Waals surface area contributed by atoms with Gasteiger partial charge in [0.1, 0.15) is 5.75 Å². The fourth-order valence-electron chi connectivity index (χ4n) is 3.45. The molecule has 0 radical (unpaired) electrons. The molecule has 1 amide bonds. The van der Waals surface area contributed by atoms with Crippen LogP contribution in [0.2, 0.25) is 0 Å². The van der Waals surface area contributed by atoms with E-state index in [4.69, 9.17) is 4.74 Å². The maximum atomic E-state index is 12.5. The molecule has 2 aromatic rings. The molecule has 116 valence electrons. The molecule has 0 saturated heterocycles. The van der Waals surface area contributed by atoms with Crippen LogP contribution in [0.4, 0.5) is 5.69 Å². The molecule has 2 aromatic carbocycles. The number of fused-ring (bicyclic) bond motifs is 1. The summed E-state index contributed by atoms with van der Waals surface area (Å²) in [6, 6.07) is 16.1. The number of benzene rings is 2. The highest BCUT2D eigenvalue weighted by Gasteiger charge is 2.57. The van der Waals surface area contributed by atoms with Crippen molar-refractivity contribution in [3.8, 4) is 5.75 Å². The quantitative estimate of drug-likeness (QED) is 0.922. The molecule has 1 unspecified atom stereocenters. The molecule has 0 aromatic heterocycles. The third-order valence-electron chi connectivity index (χ3n) is 4.98. The number of hydrogen-bond donors (Lipinski definition) is 1. The predicted molar refractivity (Wildman–Crippen MR) is 91.5 cm³/mol. The number of para-hydroxylation sites is 1. The number of rotatable bonds is 3. The summed E-state index contributed by atoms with van der Waals surface area (Å²) in [6.07, 6.45) is 6.22. The van der Waals surface area contributed by atoms with Gasteiger partial charge in [-0.1, -0.05) is 42.5 Å². The van der Waals surface area contributed by atoms with Crippen LogP contribution in [0.15, 0.2) is 54.6 Å². The van der Waals surface area contributed by atoms with Gasteiger partial charge in [-0.2, -0.15) is 0 Å². The van der Waals surface area contributed by atoms with Crippen LogP contribution < -0.4 is 10.1 Å². The molecule has 0 bridgehead atoms. The molecule has 1 aliphatic carbocycles. The van der Waals surface area contributed by atoms with Crippen LogP contribution in [-0.4, -0.2) is 13.0 Å². The van der Waals surface area contributed by atoms with Gasteiger partial charge in [0.25, 0.3) is 0 Å². The lowest BCUT2D eigenvalue weighted by atomic mass is 9.78. The van der Waals surface area contributed by atoms with E-state index in [1.54, 1.807) is 7.11 Å². The second-order valence-electron chi connectivity index (χ2n) is 6.31. The van der Waals surface area contributed by atoms with Gasteiger partial charge in [-0.15, -0.1) is 0 Å². The van der Waals surface area contributed by atoms with Gasteiger partial charge in [0.15, 0.2) is 0 Å². The molecular weight excluding hydrogens is 286 g/mol. The van der Waals surface area contributed by atoms with E-state index in [0.29, 0.717) is 0 Å². The lowest BCUT2D eigenvalue weighted by molar-refractivity contribution is -0.121. The van der Waals surface area contributed by atoms with Crippen LogP contribution in [0.1, 0.15) is 29.9 Å². The zero-order chi connectivity index (χ0) is 15.9. The third-order valence-corrected chi connectivity index (χ3v) is 4.98. The lowest BCUT2D eigenvalue weighted by Crippen LogP contribution is -2.34. The highest BCUT2D eigenvalue weighted by molar-refractivity contribution is 6.01. The number of carbonyl (C=O) groups excluding carboxylic acids is 1. The van der Waals surface area contributed by atoms with Crippen molar-refractivity contribution in [3.05, 3.63) is 65.7 Å². The standard InChI is InChI=1S/C20H19NO2/c1-23-15-9-6-14(7-10-15)8-11-17-16-4-2-3-5-18(16)21-19(22)20(17)12-13-20/h2-11,17H,12-13H2,1H3,(H,21,22)/b11-8+. The summed E-state index contributed by atoms with van der Waals surface area (Å²) in [7, 11) is 1.67. The van der Waals surface area contributed by atoms with Gasteiger partial charge in [0.05, 0.1) is 12.5 Å². The van der Waals surface area contributed by atoms with E-state index in [1.807, 2.05) is 42.5 Å². The maximum absolute atomic E-state index is 12.5. The monoisotopic (exact) mass is 305 g/mol.